The standard InChI is InChI=1S/C14H22N2O2S/c1-4-16(13-8-9-13)19(17,18)14-7-5-6-12(10-15-3)11(14)2/h5-7,13,15H,4,8-10H2,1-3H3. The summed E-state index contributed by atoms with van der Waals surface area (Å²) in [6, 6.07) is 5.72. The van der Waals surface area contributed by atoms with Crippen molar-refractivity contribution in [1.82, 2.24) is 9.62 Å². The summed E-state index contributed by atoms with van der Waals surface area (Å²) in [5.74, 6) is 0. The van der Waals surface area contributed by atoms with Gasteiger partial charge in [0.05, 0.1) is 4.90 Å². The van der Waals surface area contributed by atoms with Gasteiger partial charge in [0.2, 0.25) is 10.0 Å². The number of benzene rings is 1. The third-order valence-corrected chi connectivity index (χ3v) is 5.79. The quantitative estimate of drug-likeness (QED) is 0.867. The molecular weight excluding hydrogens is 260 g/mol. The summed E-state index contributed by atoms with van der Waals surface area (Å²) in [6.07, 6.45) is 1.98. The van der Waals surface area contributed by atoms with Gasteiger partial charge in [-0.2, -0.15) is 4.31 Å². The summed E-state index contributed by atoms with van der Waals surface area (Å²) in [5, 5.41) is 3.07. The predicted molar refractivity (Wildman–Crippen MR) is 76.5 cm³/mol. The van der Waals surface area contributed by atoms with Crippen LogP contribution in [0.15, 0.2) is 23.1 Å². The maximum Gasteiger partial charge on any atom is 0.243 e. The average Bonchev–Trinajstić information content (AvgIpc) is 3.17. The minimum atomic E-state index is -3.35. The minimum Gasteiger partial charge on any atom is -0.316 e. The van der Waals surface area contributed by atoms with Crippen molar-refractivity contribution in [2.24, 2.45) is 0 Å². The Morgan fingerprint density at radius 1 is 1.37 bits per heavy atom. The van der Waals surface area contributed by atoms with Crippen molar-refractivity contribution in [3.63, 3.8) is 0 Å². The smallest absolute Gasteiger partial charge is 0.243 e. The number of sulfonamides is 1. The zero-order valence-corrected chi connectivity index (χ0v) is 12.6. The second kappa shape index (κ2) is 5.61. The maximum atomic E-state index is 12.7. The monoisotopic (exact) mass is 282 g/mol. The zero-order chi connectivity index (χ0) is 14.0. The Bertz CT molecular complexity index is 551. The van der Waals surface area contributed by atoms with Gasteiger partial charge >= 0.3 is 0 Å². The molecule has 1 fully saturated rings. The third kappa shape index (κ3) is 2.83. The van der Waals surface area contributed by atoms with Gasteiger partial charge in [-0.05, 0) is 44.0 Å². The van der Waals surface area contributed by atoms with E-state index in [2.05, 4.69) is 5.32 Å². The molecule has 0 saturated heterocycles. The molecule has 0 aromatic heterocycles. The van der Waals surface area contributed by atoms with Crippen LogP contribution in [0.2, 0.25) is 0 Å². The van der Waals surface area contributed by atoms with E-state index < -0.39 is 10.0 Å². The molecule has 106 valence electrons. The van der Waals surface area contributed by atoms with E-state index in [1.807, 2.05) is 33.0 Å². The van der Waals surface area contributed by atoms with E-state index >= 15 is 0 Å². The molecule has 1 aliphatic rings. The van der Waals surface area contributed by atoms with Gasteiger partial charge in [-0.15, -0.1) is 0 Å². The molecule has 4 nitrogen and oxygen atoms in total. The molecule has 0 spiro atoms. The van der Waals surface area contributed by atoms with Crippen LogP contribution in [-0.4, -0.2) is 32.4 Å². The predicted octanol–water partition coefficient (Wildman–Crippen LogP) is 1.89. The van der Waals surface area contributed by atoms with Gasteiger partial charge in [-0.1, -0.05) is 19.1 Å². The van der Waals surface area contributed by atoms with E-state index in [0.29, 0.717) is 18.0 Å². The fraction of sp³-hybridized carbons (Fsp3) is 0.571. The van der Waals surface area contributed by atoms with Gasteiger partial charge in [0.25, 0.3) is 0 Å². The number of hydrogen-bond acceptors (Lipinski definition) is 3. The molecule has 1 N–H and O–H groups in total. The van der Waals surface area contributed by atoms with Crippen LogP contribution in [0.1, 0.15) is 30.9 Å². The maximum absolute atomic E-state index is 12.7. The van der Waals surface area contributed by atoms with Gasteiger partial charge in [-0.3, -0.25) is 0 Å². The molecule has 0 radical (unpaired) electrons. The molecule has 1 aliphatic carbocycles. The van der Waals surface area contributed by atoms with Gasteiger partial charge in [0.15, 0.2) is 0 Å². The molecule has 0 aliphatic heterocycles. The normalized spacial score (nSPS) is 16.0. The van der Waals surface area contributed by atoms with E-state index in [1.54, 1.807) is 10.4 Å². The molecule has 19 heavy (non-hydrogen) atoms. The average molecular weight is 282 g/mol. The van der Waals surface area contributed by atoms with E-state index in [-0.39, 0.29) is 6.04 Å². The van der Waals surface area contributed by atoms with Crippen molar-refractivity contribution < 1.29 is 8.42 Å². The lowest BCUT2D eigenvalue weighted by Crippen LogP contribution is -2.33. The lowest BCUT2D eigenvalue weighted by Gasteiger charge is -2.22. The molecule has 2 rings (SSSR count). The Labute approximate surface area is 115 Å². The minimum absolute atomic E-state index is 0.211. The summed E-state index contributed by atoms with van der Waals surface area (Å²) in [7, 11) is -1.49. The lowest BCUT2D eigenvalue weighted by atomic mass is 10.1. The van der Waals surface area contributed by atoms with Crippen molar-refractivity contribution in [2.45, 2.75) is 44.2 Å². The summed E-state index contributed by atoms with van der Waals surface area (Å²) in [6.45, 7) is 5.02. The number of rotatable bonds is 6. The van der Waals surface area contributed by atoms with Crippen LogP contribution in [-0.2, 0) is 16.6 Å². The fourth-order valence-corrected chi connectivity index (χ4v) is 4.40. The first kappa shape index (κ1) is 14.5. The first-order valence-electron chi connectivity index (χ1n) is 6.77. The molecule has 0 heterocycles. The van der Waals surface area contributed by atoms with Crippen LogP contribution < -0.4 is 5.32 Å². The van der Waals surface area contributed by atoms with Crippen LogP contribution in [0.25, 0.3) is 0 Å². The largest absolute Gasteiger partial charge is 0.316 e. The van der Waals surface area contributed by atoms with Crippen molar-refractivity contribution >= 4 is 10.0 Å². The molecule has 5 heteroatoms. The number of nitrogens with zero attached hydrogens (tertiary/aromatic N) is 1. The molecule has 0 bridgehead atoms. The summed E-state index contributed by atoms with van der Waals surface area (Å²) < 4.78 is 27.1. The highest BCUT2D eigenvalue weighted by Crippen LogP contribution is 2.33. The highest BCUT2D eigenvalue weighted by atomic mass is 32.2. The second-order valence-electron chi connectivity index (χ2n) is 5.01. The van der Waals surface area contributed by atoms with Crippen LogP contribution in [0, 0.1) is 6.92 Å². The Hall–Kier alpha value is -0.910. The highest BCUT2D eigenvalue weighted by molar-refractivity contribution is 7.89. The van der Waals surface area contributed by atoms with Crippen LogP contribution in [0.5, 0.6) is 0 Å². The Morgan fingerprint density at radius 2 is 2.05 bits per heavy atom. The molecule has 1 aromatic carbocycles. The molecule has 1 aromatic rings. The van der Waals surface area contributed by atoms with Gasteiger partial charge in [0, 0.05) is 19.1 Å². The van der Waals surface area contributed by atoms with E-state index in [9.17, 15) is 8.42 Å². The van der Waals surface area contributed by atoms with Gasteiger partial charge in [0.1, 0.15) is 0 Å². The zero-order valence-electron chi connectivity index (χ0n) is 11.8. The van der Waals surface area contributed by atoms with Crippen molar-refractivity contribution in [2.75, 3.05) is 13.6 Å². The van der Waals surface area contributed by atoms with Crippen molar-refractivity contribution in [3.05, 3.63) is 29.3 Å². The van der Waals surface area contributed by atoms with E-state index in [1.165, 1.54) is 0 Å². The fourth-order valence-electron chi connectivity index (χ4n) is 2.43. The second-order valence-corrected chi connectivity index (χ2v) is 6.87. The molecular formula is C14H22N2O2S. The highest BCUT2D eigenvalue weighted by Gasteiger charge is 2.37. The van der Waals surface area contributed by atoms with E-state index in [4.69, 9.17) is 0 Å². The first-order chi connectivity index (χ1) is 9.02. The van der Waals surface area contributed by atoms with E-state index in [0.717, 1.165) is 24.0 Å². The summed E-state index contributed by atoms with van der Waals surface area (Å²) in [4.78, 5) is 0.453. The third-order valence-electron chi connectivity index (χ3n) is 3.62. The van der Waals surface area contributed by atoms with Crippen LogP contribution in [0.4, 0.5) is 0 Å². The molecule has 0 amide bonds. The SMILES string of the molecule is CCN(C1CC1)S(=O)(=O)c1cccc(CNC)c1C. The van der Waals surface area contributed by atoms with Crippen molar-refractivity contribution in [3.8, 4) is 0 Å². The van der Waals surface area contributed by atoms with Crippen LogP contribution in [0.3, 0.4) is 0 Å². The summed E-state index contributed by atoms with van der Waals surface area (Å²) in [5.41, 5.74) is 1.89. The van der Waals surface area contributed by atoms with Gasteiger partial charge in [-0.25, -0.2) is 8.42 Å². The Morgan fingerprint density at radius 3 is 2.58 bits per heavy atom. The molecule has 0 unspecified atom stereocenters. The number of nitrogens with one attached hydrogen (secondary N) is 1. The van der Waals surface area contributed by atoms with Crippen molar-refractivity contribution in [1.29, 1.82) is 0 Å². The molecule has 1 saturated carbocycles. The van der Waals surface area contributed by atoms with Crippen LogP contribution >= 0.6 is 0 Å². The summed E-state index contributed by atoms with van der Waals surface area (Å²) >= 11 is 0. The first-order valence-corrected chi connectivity index (χ1v) is 8.21. The number of hydrogen-bond donors (Lipinski definition) is 1. The van der Waals surface area contributed by atoms with Gasteiger partial charge < -0.3 is 5.32 Å². The Balaban J connectivity index is 2.42. The Kier molecular flexibility index (Phi) is 4.28. The molecule has 0 atom stereocenters. The topological polar surface area (TPSA) is 49.4 Å². The lowest BCUT2D eigenvalue weighted by molar-refractivity contribution is 0.420.